The molecule has 2 rings (SSSR count). The zero-order valence-corrected chi connectivity index (χ0v) is 13.4. The maximum Gasteiger partial charge on any atom is 0.409 e. The Balaban J connectivity index is 1.76. The summed E-state index contributed by atoms with van der Waals surface area (Å²) in [4.78, 5) is 28.8. The fourth-order valence-corrected chi connectivity index (χ4v) is 3.27. The van der Waals surface area contributed by atoms with Crippen molar-refractivity contribution in [1.82, 2.24) is 14.7 Å². The van der Waals surface area contributed by atoms with E-state index in [2.05, 4.69) is 9.80 Å². The number of likely N-dealkylation sites (tertiary alicyclic amines) is 1. The van der Waals surface area contributed by atoms with Crippen LogP contribution in [0.5, 0.6) is 0 Å². The molecule has 0 spiro atoms. The molecule has 0 aromatic heterocycles. The SMILES string of the molecule is CCOC(=O)N1CCN(C2CCCN(CCC(=O)O)C2)CC1. The van der Waals surface area contributed by atoms with Crippen LogP contribution in [0.1, 0.15) is 26.2 Å². The van der Waals surface area contributed by atoms with Gasteiger partial charge in [0.1, 0.15) is 0 Å². The van der Waals surface area contributed by atoms with E-state index in [1.165, 1.54) is 0 Å². The summed E-state index contributed by atoms with van der Waals surface area (Å²) in [6.45, 7) is 7.97. The van der Waals surface area contributed by atoms with Gasteiger partial charge in [0.05, 0.1) is 13.0 Å². The molecular weight excluding hydrogens is 286 g/mol. The average Bonchev–Trinajstić information content (AvgIpc) is 2.53. The molecule has 1 atom stereocenters. The van der Waals surface area contributed by atoms with E-state index in [0.29, 0.717) is 32.3 Å². The summed E-state index contributed by atoms with van der Waals surface area (Å²) >= 11 is 0. The number of piperidine rings is 1. The van der Waals surface area contributed by atoms with E-state index in [4.69, 9.17) is 9.84 Å². The first-order valence-electron chi connectivity index (χ1n) is 8.20. The van der Waals surface area contributed by atoms with Crippen molar-refractivity contribution in [3.05, 3.63) is 0 Å². The molecule has 2 aliphatic rings. The first-order valence-corrected chi connectivity index (χ1v) is 8.20. The van der Waals surface area contributed by atoms with E-state index in [9.17, 15) is 9.59 Å². The molecule has 0 aromatic rings. The van der Waals surface area contributed by atoms with Crippen molar-refractivity contribution >= 4 is 12.1 Å². The number of hydrogen-bond acceptors (Lipinski definition) is 5. The van der Waals surface area contributed by atoms with Crippen LogP contribution in [0.4, 0.5) is 4.79 Å². The van der Waals surface area contributed by atoms with Gasteiger partial charge in [-0.2, -0.15) is 0 Å². The molecule has 1 N–H and O–H groups in total. The van der Waals surface area contributed by atoms with Gasteiger partial charge in [-0.25, -0.2) is 4.79 Å². The van der Waals surface area contributed by atoms with Crippen LogP contribution in [-0.4, -0.2) is 90.3 Å². The highest BCUT2D eigenvalue weighted by atomic mass is 16.6. The fourth-order valence-electron chi connectivity index (χ4n) is 3.27. The van der Waals surface area contributed by atoms with Crippen molar-refractivity contribution in [1.29, 1.82) is 0 Å². The molecule has 0 aliphatic carbocycles. The lowest BCUT2D eigenvalue weighted by Gasteiger charge is -2.43. The number of carbonyl (C=O) groups is 2. The van der Waals surface area contributed by atoms with Crippen molar-refractivity contribution in [3.8, 4) is 0 Å². The molecule has 0 aromatic carbocycles. The summed E-state index contributed by atoms with van der Waals surface area (Å²) in [6, 6.07) is 0.479. The van der Waals surface area contributed by atoms with Crippen molar-refractivity contribution in [2.75, 3.05) is 52.4 Å². The van der Waals surface area contributed by atoms with Gasteiger partial charge in [-0.1, -0.05) is 0 Å². The topological polar surface area (TPSA) is 73.3 Å². The third-order valence-electron chi connectivity index (χ3n) is 4.48. The van der Waals surface area contributed by atoms with Crippen molar-refractivity contribution in [2.24, 2.45) is 0 Å². The number of piperazine rings is 1. The molecule has 2 aliphatic heterocycles. The maximum atomic E-state index is 11.7. The molecule has 22 heavy (non-hydrogen) atoms. The minimum absolute atomic E-state index is 0.212. The highest BCUT2D eigenvalue weighted by molar-refractivity contribution is 5.67. The number of aliphatic carboxylic acids is 1. The molecule has 2 heterocycles. The van der Waals surface area contributed by atoms with Gasteiger partial charge in [0.25, 0.3) is 0 Å². The second-order valence-corrected chi connectivity index (χ2v) is 5.96. The predicted octanol–water partition coefficient (Wildman–Crippen LogP) is 0.700. The highest BCUT2D eigenvalue weighted by Gasteiger charge is 2.29. The predicted molar refractivity (Wildman–Crippen MR) is 81.9 cm³/mol. The average molecular weight is 313 g/mol. The molecule has 126 valence electrons. The summed E-state index contributed by atoms with van der Waals surface area (Å²) in [7, 11) is 0. The van der Waals surface area contributed by atoms with E-state index in [0.717, 1.165) is 39.0 Å². The Morgan fingerprint density at radius 2 is 1.91 bits per heavy atom. The lowest BCUT2D eigenvalue weighted by Crippen LogP contribution is -2.56. The summed E-state index contributed by atoms with van der Waals surface area (Å²) in [5, 5.41) is 8.80. The van der Waals surface area contributed by atoms with E-state index in [1.54, 1.807) is 4.90 Å². The normalized spacial score (nSPS) is 24.2. The zero-order valence-electron chi connectivity index (χ0n) is 13.4. The second-order valence-electron chi connectivity index (χ2n) is 5.96. The fraction of sp³-hybridized carbons (Fsp3) is 0.867. The molecule has 7 nitrogen and oxygen atoms in total. The van der Waals surface area contributed by atoms with Crippen LogP contribution in [0.2, 0.25) is 0 Å². The zero-order chi connectivity index (χ0) is 15.9. The molecule has 2 saturated heterocycles. The van der Waals surface area contributed by atoms with Gasteiger partial charge in [-0.05, 0) is 26.3 Å². The van der Waals surface area contributed by atoms with E-state index in [1.807, 2.05) is 6.92 Å². The number of nitrogens with zero attached hydrogens (tertiary/aromatic N) is 3. The minimum Gasteiger partial charge on any atom is -0.481 e. The highest BCUT2D eigenvalue weighted by Crippen LogP contribution is 2.18. The van der Waals surface area contributed by atoms with Crippen LogP contribution in [0.15, 0.2) is 0 Å². The van der Waals surface area contributed by atoms with Crippen LogP contribution in [-0.2, 0) is 9.53 Å². The molecule has 7 heteroatoms. The first kappa shape index (κ1) is 17.0. The third-order valence-corrected chi connectivity index (χ3v) is 4.48. The molecule has 1 unspecified atom stereocenters. The Kier molecular flexibility index (Phi) is 6.45. The van der Waals surface area contributed by atoms with Crippen LogP contribution < -0.4 is 0 Å². The van der Waals surface area contributed by atoms with Gasteiger partial charge < -0.3 is 19.6 Å². The number of carboxylic acids is 1. The lowest BCUT2D eigenvalue weighted by atomic mass is 10.0. The summed E-state index contributed by atoms with van der Waals surface area (Å²) in [6.07, 6.45) is 2.27. The van der Waals surface area contributed by atoms with Crippen molar-refractivity contribution in [2.45, 2.75) is 32.2 Å². The molecule has 1 amide bonds. The number of carbonyl (C=O) groups excluding carboxylic acids is 1. The largest absolute Gasteiger partial charge is 0.481 e. The number of amides is 1. The van der Waals surface area contributed by atoms with Crippen LogP contribution in [0.3, 0.4) is 0 Å². The Morgan fingerprint density at radius 3 is 2.55 bits per heavy atom. The monoisotopic (exact) mass is 313 g/mol. The quantitative estimate of drug-likeness (QED) is 0.805. The smallest absolute Gasteiger partial charge is 0.409 e. The van der Waals surface area contributed by atoms with Crippen LogP contribution in [0, 0.1) is 0 Å². The molecule has 0 saturated carbocycles. The van der Waals surface area contributed by atoms with E-state index < -0.39 is 5.97 Å². The number of rotatable bonds is 5. The van der Waals surface area contributed by atoms with E-state index in [-0.39, 0.29) is 12.5 Å². The standard InChI is InChI=1S/C15H27N3O4/c1-2-22-15(21)18-10-8-17(9-11-18)13-4-3-6-16(12-13)7-5-14(19)20/h13H,2-12H2,1H3,(H,19,20). The Labute approximate surface area is 131 Å². The van der Waals surface area contributed by atoms with Gasteiger partial charge in [0.15, 0.2) is 0 Å². The van der Waals surface area contributed by atoms with Crippen molar-refractivity contribution in [3.63, 3.8) is 0 Å². The van der Waals surface area contributed by atoms with E-state index >= 15 is 0 Å². The first-order chi connectivity index (χ1) is 10.6. The minimum atomic E-state index is -0.731. The van der Waals surface area contributed by atoms with Crippen LogP contribution in [0.25, 0.3) is 0 Å². The number of ether oxygens (including phenoxy) is 1. The number of hydrogen-bond donors (Lipinski definition) is 1. The lowest BCUT2D eigenvalue weighted by molar-refractivity contribution is -0.137. The number of carboxylic acid groups (broad SMARTS) is 1. The Morgan fingerprint density at radius 1 is 1.18 bits per heavy atom. The van der Waals surface area contributed by atoms with Crippen LogP contribution >= 0.6 is 0 Å². The van der Waals surface area contributed by atoms with Gasteiger partial charge in [0, 0.05) is 45.3 Å². The summed E-state index contributed by atoms with van der Waals surface area (Å²) in [5.74, 6) is -0.731. The molecule has 0 radical (unpaired) electrons. The third kappa shape index (κ3) is 4.84. The van der Waals surface area contributed by atoms with Gasteiger partial charge in [-0.15, -0.1) is 0 Å². The Bertz CT molecular complexity index is 383. The van der Waals surface area contributed by atoms with Gasteiger partial charge in [0.2, 0.25) is 0 Å². The molecule has 2 fully saturated rings. The van der Waals surface area contributed by atoms with Crippen molar-refractivity contribution < 1.29 is 19.4 Å². The molecular formula is C15H27N3O4. The Hall–Kier alpha value is -1.34. The summed E-state index contributed by atoms with van der Waals surface area (Å²) in [5.41, 5.74) is 0. The molecule has 0 bridgehead atoms. The van der Waals surface area contributed by atoms with Gasteiger partial charge in [-0.3, -0.25) is 9.69 Å². The second kappa shape index (κ2) is 8.33. The maximum absolute atomic E-state index is 11.7. The summed E-state index contributed by atoms with van der Waals surface area (Å²) < 4.78 is 5.04. The van der Waals surface area contributed by atoms with Gasteiger partial charge >= 0.3 is 12.1 Å².